The predicted octanol–water partition coefficient (Wildman–Crippen LogP) is 2.45. The molecule has 24 heavy (non-hydrogen) atoms. The van der Waals surface area contributed by atoms with Gasteiger partial charge in [0.05, 0.1) is 11.6 Å². The molecule has 2 heterocycles. The Bertz CT molecular complexity index is 553. The molecule has 5 nitrogen and oxygen atoms in total. The maximum atomic E-state index is 12.5. The smallest absolute Gasteiger partial charge is 0.417 e. The number of rotatable bonds is 4. The molecule has 0 unspecified atom stereocenters. The lowest BCUT2D eigenvalue weighted by Gasteiger charge is -2.34. The minimum atomic E-state index is -4.41. The van der Waals surface area contributed by atoms with Gasteiger partial charge < -0.3 is 15.4 Å². The molecule has 0 saturated carbocycles. The molecule has 1 aliphatic heterocycles. The number of ether oxygens (including phenoxy) is 1. The van der Waals surface area contributed by atoms with E-state index in [0.717, 1.165) is 12.3 Å². The summed E-state index contributed by atoms with van der Waals surface area (Å²) in [5.74, 6) is 0.158. The van der Waals surface area contributed by atoms with Crippen LogP contribution in [0.4, 0.5) is 13.2 Å². The van der Waals surface area contributed by atoms with Crippen molar-refractivity contribution in [2.45, 2.75) is 45.0 Å². The van der Waals surface area contributed by atoms with Crippen LogP contribution in [0.3, 0.4) is 0 Å². The van der Waals surface area contributed by atoms with Crippen molar-refractivity contribution in [2.75, 3.05) is 13.1 Å². The van der Waals surface area contributed by atoms with Crippen molar-refractivity contribution >= 4 is 5.91 Å². The molecule has 0 radical (unpaired) electrons. The van der Waals surface area contributed by atoms with Gasteiger partial charge in [-0.1, -0.05) is 13.8 Å². The van der Waals surface area contributed by atoms with Crippen LogP contribution >= 0.6 is 0 Å². The number of carbonyl (C=O) groups is 1. The van der Waals surface area contributed by atoms with Crippen molar-refractivity contribution in [1.29, 1.82) is 0 Å². The third-order valence-electron chi connectivity index (χ3n) is 4.11. The minimum absolute atomic E-state index is 0.0721. The number of pyridine rings is 1. The largest absolute Gasteiger partial charge is 0.474 e. The lowest BCUT2D eigenvalue weighted by molar-refractivity contribution is -0.138. The molecule has 1 aromatic rings. The van der Waals surface area contributed by atoms with Crippen molar-refractivity contribution in [2.24, 2.45) is 11.7 Å². The molecule has 134 valence electrons. The number of nitrogens with two attached hydrogens (primary N) is 1. The van der Waals surface area contributed by atoms with Crippen LogP contribution in [0.2, 0.25) is 0 Å². The first-order valence-electron chi connectivity index (χ1n) is 7.92. The molecule has 1 fully saturated rings. The average Bonchev–Trinajstić information content (AvgIpc) is 2.54. The number of amides is 1. The van der Waals surface area contributed by atoms with Crippen molar-refractivity contribution < 1.29 is 22.7 Å². The molecular formula is C16H22F3N3O2. The molecule has 1 saturated heterocycles. The van der Waals surface area contributed by atoms with Crippen LogP contribution in [-0.4, -0.2) is 41.0 Å². The first-order valence-corrected chi connectivity index (χ1v) is 7.92. The summed E-state index contributed by atoms with van der Waals surface area (Å²) in [7, 11) is 0. The van der Waals surface area contributed by atoms with Gasteiger partial charge in [0.1, 0.15) is 6.10 Å². The number of hydrogen-bond donors (Lipinski definition) is 1. The molecule has 2 N–H and O–H groups in total. The standard InChI is InChI=1S/C16H22F3N3O2/c1-10(2)14(20)15(23)22-7-5-12(6-8-22)24-13-4-3-11(9-21-13)16(17,18)19/h3-4,9-10,12,14H,5-8,20H2,1-2H3/t14-/m0/s1. The monoisotopic (exact) mass is 345 g/mol. The van der Waals surface area contributed by atoms with Crippen LogP contribution in [0.1, 0.15) is 32.3 Å². The summed E-state index contributed by atoms with van der Waals surface area (Å²) in [5, 5.41) is 0. The van der Waals surface area contributed by atoms with Crippen LogP contribution in [0.15, 0.2) is 18.3 Å². The number of alkyl halides is 3. The molecule has 0 aliphatic carbocycles. The second kappa shape index (κ2) is 7.38. The molecule has 0 spiro atoms. The van der Waals surface area contributed by atoms with Crippen LogP contribution in [0.25, 0.3) is 0 Å². The van der Waals surface area contributed by atoms with E-state index in [4.69, 9.17) is 10.5 Å². The van der Waals surface area contributed by atoms with E-state index < -0.39 is 17.8 Å². The van der Waals surface area contributed by atoms with Gasteiger partial charge >= 0.3 is 6.18 Å². The van der Waals surface area contributed by atoms with E-state index in [1.165, 1.54) is 6.07 Å². The van der Waals surface area contributed by atoms with Crippen molar-refractivity contribution in [3.8, 4) is 5.88 Å². The molecule has 0 bridgehead atoms. The van der Waals surface area contributed by atoms with Crippen LogP contribution < -0.4 is 10.5 Å². The molecular weight excluding hydrogens is 323 g/mol. The molecule has 8 heteroatoms. The van der Waals surface area contributed by atoms with Crippen LogP contribution in [0.5, 0.6) is 5.88 Å². The number of piperidine rings is 1. The fourth-order valence-corrected chi connectivity index (χ4v) is 2.48. The zero-order valence-electron chi connectivity index (χ0n) is 13.7. The zero-order valence-corrected chi connectivity index (χ0v) is 13.7. The third kappa shape index (κ3) is 4.59. The van der Waals surface area contributed by atoms with E-state index in [-0.39, 0.29) is 23.8 Å². The van der Waals surface area contributed by atoms with Gasteiger partial charge in [-0.05, 0) is 12.0 Å². The third-order valence-corrected chi connectivity index (χ3v) is 4.11. The van der Waals surface area contributed by atoms with Gasteiger partial charge in [0.15, 0.2) is 0 Å². The van der Waals surface area contributed by atoms with E-state index >= 15 is 0 Å². The molecule has 1 amide bonds. The van der Waals surface area contributed by atoms with Gasteiger partial charge in [-0.2, -0.15) is 13.2 Å². The minimum Gasteiger partial charge on any atom is -0.474 e. The number of halogens is 3. The van der Waals surface area contributed by atoms with Gasteiger partial charge in [-0.3, -0.25) is 4.79 Å². The normalized spacial score (nSPS) is 17.9. The summed E-state index contributed by atoms with van der Waals surface area (Å²) < 4.78 is 43.1. The number of likely N-dealkylation sites (tertiary alicyclic amines) is 1. The first kappa shape index (κ1) is 18.5. The number of hydrogen-bond acceptors (Lipinski definition) is 4. The lowest BCUT2D eigenvalue weighted by Crippen LogP contribution is -2.50. The lowest BCUT2D eigenvalue weighted by atomic mass is 10.0. The highest BCUT2D eigenvalue weighted by atomic mass is 19.4. The molecule has 1 aliphatic rings. The summed E-state index contributed by atoms with van der Waals surface area (Å²) >= 11 is 0. The summed E-state index contributed by atoms with van der Waals surface area (Å²) in [5.41, 5.74) is 5.07. The van der Waals surface area contributed by atoms with Gasteiger partial charge in [0.25, 0.3) is 0 Å². The quantitative estimate of drug-likeness (QED) is 0.910. The highest BCUT2D eigenvalue weighted by Gasteiger charge is 2.31. The highest BCUT2D eigenvalue weighted by Crippen LogP contribution is 2.29. The average molecular weight is 345 g/mol. The molecule has 2 rings (SSSR count). The van der Waals surface area contributed by atoms with E-state index in [9.17, 15) is 18.0 Å². The second-order valence-electron chi connectivity index (χ2n) is 6.30. The fraction of sp³-hybridized carbons (Fsp3) is 0.625. The maximum Gasteiger partial charge on any atom is 0.417 e. The van der Waals surface area contributed by atoms with Gasteiger partial charge in [0.2, 0.25) is 11.8 Å². The van der Waals surface area contributed by atoms with E-state index in [0.29, 0.717) is 25.9 Å². The number of carbonyl (C=O) groups excluding carboxylic acids is 1. The Morgan fingerprint density at radius 2 is 1.96 bits per heavy atom. The summed E-state index contributed by atoms with van der Waals surface area (Å²) in [6, 6.07) is 1.65. The molecule has 0 aromatic carbocycles. The topological polar surface area (TPSA) is 68.5 Å². The Morgan fingerprint density at radius 1 is 1.33 bits per heavy atom. The second-order valence-corrected chi connectivity index (χ2v) is 6.30. The van der Waals surface area contributed by atoms with Crippen LogP contribution in [0, 0.1) is 5.92 Å². The van der Waals surface area contributed by atoms with Crippen molar-refractivity contribution in [3.63, 3.8) is 0 Å². The Morgan fingerprint density at radius 3 is 2.42 bits per heavy atom. The number of aromatic nitrogens is 1. The molecule has 1 atom stereocenters. The highest BCUT2D eigenvalue weighted by molar-refractivity contribution is 5.82. The van der Waals surface area contributed by atoms with E-state index in [1.54, 1.807) is 4.90 Å². The maximum absolute atomic E-state index is 12.5. The number of nitrogens with zero attached hydrogens (tertiary/aromatic N) is 2. The zero-order chi connectivity index (χ0) is 17.9. The molecule has 1 aromatic heterocycles. The summed E-state index contributed by atoms with van der Waals surface area (Å²) in [6.07, 6.45) is -2.63. The van der Waals surface area contributed by atoms with E-state index in [1.807, 2.05) is 13.8 Å². The van der Waals surface area contributed by atoms with Gasteiger partial charge in [-0.25, -0.2) is 4.98 Å². The van der Waals surface area contributed by atoms with Crippen LogP contribution in [-0.2, 0) is 11.0 Å². The van der Waals surface area contributed by atoms with Crippen molar-refractivity contribution in [3.05, 3.63) is 23.9 Å². The summed E-state index contributed by atoms with van der Waals surface area (Å²) in [4.78, 5) is 17.6. The first-order chi connectivity index (χ1) is 11.2. The Hall–Kier alpha value is -1.83. The van der Waals surface area contributed by atoms with Crippen molar-refractivity contribution in [1.82, 2.24) is 9.88 Å². The van der Waals surface area contributed by atoms with Gasteiger partial charge in [-0.15, -0.1) is 0 Å². The predicted molar refractivity (Wildman–Crippen MR) is 82.3 cm³/mol. The fourth-order valence-electron chi connectivity index (χ4n) is 2.48. The SMILES string of the molecule is CC(C)[C@H](N)C(=O)N1CCC(Oc2ccc(C(F)(F)F)cn2)CC1. The van der Waals surface area contributed by atoms with Gasteiger partial charge in [0, 0.05) is 38.2 Å². The Labute approximate surface area is 139 Å². The van der Waals surface area contributed by atoms with E-state index in [2.05, 4.69) is 4.98 Å². The Balaban J connectivity index is 1.86. The Kier molecular flexibility index (Phi) is 5.69. The summed E-state index contributed by atoms with van der Waals surface area (Å²) in [6.45, 7) is 4.83.